The maximum absolute atomic E-state index is 12.4. The number of benzene rings is 1. The summed E-state index contributed by atoms with van der Waals surface area (Å²) >= 11 is 0. The maximum Gasteiger partial charge on any atom is 0.356 e. The average Bonchev–Trinajstić information content (AvgIpc) is 3.18. The molecule has 0 aliphatic carbocycles. The number of rotatable bonds is 5. The zero-order valence-electron chi connectivity index (χ0n) is 17.9. The fourth-order valence-electron chi connectivity index (χ4n) is 2.59. The highest BCUT2D eigenvalue weighted by molar-refractivity contribution is 6.08. The number of nitrogens with zero attached hydrogens (tertiary/aromatic N) is 3. The Balaban J connectivity index is 1.62. The molecule has 0 spiro atoms. The third-order valence-electron chi connectivity index (χ3n) is 4.20. The summed E-state index contributed by atoms with van der Waals surface area (Å²) in [6.07, 6.45) is 1.31. The highest BCUT2D eigenvalue weighted by atomic mass is 16.5. The van der Waals surface area contributed by atoms with Gasteiger partial charge in [0.25, 0.3) is 5.91 Å². The van der Waals surface area contributed by atoms with Crippen LogP contribution in [0.4, 0.5) is 22.0 Å². The Morgan fingerprint density at radius 1 is 0.969 bits per heavy atom. The Bertz CT molecular complexity index is 1160. The summed E-state index contributed by atoms with van der Waals surface area (Å²) < 4.78 is 5.22. The molecule has 0 atom stereocenters. The quantitative estimate of drug-likeness (QED) is 0.469. The molecule has 166 valence electrons. The van der Waals surface area contributed by atoms with Crippen molar-refractivity contribution in [2.45, 2.75) is 33.1 Å². The van der Waals surface area contributed by atoms with Crippen LogP contribution in [0.3, 0.4) is 0 Å². The third-order valence-corrected chi connectivity index (χ3v) is 4.20. The molecule has 1 aromatic carbocycles. The molecular formula is C21H22N6O5. The van der Waals surface area contributed by atoms with Gasteiger partial charge in [0.15, 0.2) is 17.2 Å². The van der Waals surface area contributed by atoms with Crippen molar-refractivity contribution in [2.75, 3.05) is 16.0 Å². The first-order valence-corrected chi connectivity index (χ1v) is 9.56. The van der Waals surface area contributed by atoms with E-state index in [1.165, 1.54) is 6.20 Å². The van der Waals surface area contributed by atoms with Crippen LogP contribution < -0.4 is 16.0 Å². The van der Waals surface area contributed by atoms with Crippen LogP contribution in [0.2, 0.25) is 0 Å². The number of carbonyl (C=O) groups excluding carboxylic acids is 2. The van der Waals surface area contributed by atoms with E-state index in [1.807, 2.05) is 20.8 Å². The lowest BCUT2D eigenvalue weighted by molar-refractivity contribution is 0.0684. The number of carboxylic acids is 1. The van der Waals surface area contributed by atoms with Gasteiger partial charge in [0.1, 0.15) is 5.76 Å². The number of anilines is 3. The van der Waals surface area contributed by atoms with Crippen LogP contribution in [0.1, 0.15) is 53.2 Å². The molecule has 11 heteroatoms. The smallest absolute Gasteiger partial charge is 0.356 e. The van der Waals surface area contributed by atoms with Gasteiger partial charge in [-0.2, -0.15) is 0 Å². The van der Waals surface area contributed by atoms with Crippen LogP contribution in [0, 0.1) is 6.92 Å². The summed E-state index contributed by atoms with van der Waals surface area (Å²) in [6.45, 7) is 7.47. The highest BCUT2D eigenvalue weighted by Gasteiger charge is 2.21. The number of aromatic nitrogens is 3. The normalized spacial score (nSPS) is 11.0. The molecule has 0 radical (unpaired) electrons. The van der Waals surface area contributed by atoms with Gasteiger partial charge in [0, 0.05) is 29.1 Å². The monoisotopic (exact) mass is 438 g/mol. The summed E-state index contributed by atoms with van der Waals surface area (Å²) in [4.78, 5) is 43.6. The lowest BCUT2D eigenvalue weighted by atomic mass is 9.93. The van der Waals surface area contributed by atoms with Gasteiger partial charge >= 0.3 is 12.0 Å². The number of hydrogen-bond donors (Lipinski definition) is 4. The Morgan fingerprint density at radius 2 is 1.59 bits per heavy atom. The number of urea groups is 1. The molecule has 11 nitrogen and oxygen atoms in total. The van der Waals surface area contributed by atoms with Crippen LogP contribution >= 0.6 is 0 Å². The molecule has 2 aromatic heterocycles. The Morgan fingerprint density at radius 3 is 2.16 bits per heavy atom. The van der Waals surface area contributed by atoms with E-state index in [0.29, 0.717) is 22.8 Å². The molecule has 2 heterocycles. The first-order chi connectivity index (χ1) is 15.0. The second-order valence-electron chi connectivity index (χ2n) is 7.95. The molecule has 0 fully saturated rings. The molecule has 0 aliphatic rings. The Labute approximate surface area is 183 Å². The largest absolute Gasteiger partial charge is 0.476 e. The molecule has 0 bridgehead atoms. The number of nitrogens with one attached hydrogen (secondary N) is 3. The topological polar surface area (TPSA) is 159 Å². The van der Waals surface area contributed by atoms with E-state index >= 15 is 0 Å². The number of aryl methyl sites for hydroxylation is 1. The lowest BCUT2D eigenvalue weighted by Gasteiger charge is -2.12. The number of carboxylic acid groups (broad SMARTS) is 1. The zero-order chi connectivity index (χ0) is 23.5. The van der Waals surface area contributed by atoms with E-state index in [0.717, 1.165) is 0 Å². The minimum atomic E-state index is -1.35. The summed E-state index contributed by atoms with van der Waals surface area (Å²) in [6, 6.07) is 7.36. The van der Waals surface area contributed by atoms with Gasteiger partial charge in [0.2, 0.25) is 0 Å². The van der Waals surface area contributed by atoms with Crippen molar-refractivity contribution < 1.29 is 24.0 Å². The molecule has 4 N–H and O–H groups in total. The molecule has 0 unspecified atom stereocenters. The molecule has 3 aromatic rings. The van der Waals surface area contributed by atoms with Gasteiger partial charge < -0.3 is 20.3 Å². The van der Waals surface area contributed by atoms with Crippen molar-refractivity contribution in [2.24, 2.45) is 0 Å². The summed E-state index contributed by atoms with van der Waals surface area (Å²) in [7, 11) is 0. The highest BCUT2D eigenvalue weighted by Crippen LogP contribution is 2.24. The number of carbonyl (C=O) groups is 3. The van der Waals surface area contributed by atoms with E-state index in [2.05, 4.69) is 31.1 Å². The van der Waals surface area contributed by atoms with Crippen LogP contribution in [0.5, 0.6) is 0 Å². The van der Waals surface area contributed by atoms with Gasteiger partial charge in [-0.25, -0.2) is 19.6 Å². The molecule has 0 saturated heterocycles. The minimum absolute atomic E-state index is 0.237. The second-order valence-corrected chi connectivity index (χ2v) is 7.95. The maximum atomic E-state index is 12.4. The number of aromatic carboxylic acids is 1. The first kappa shape index (κ1) is 22.4. The van der Waals surface area contributed by atoms with Crippen molar-refractivity contribution in [1.29, 1.82) is 0 Å². The van der Waals surface area contributed by atoms with E-state index in [9.17, 15) is 19.5 Å². The van der Waals surface area contributed by atoms with Crippen molar-refractivity contribution >= 4 is 35.1 Å². The number of hydrogen-bond acceptors (Lipinski definition) is 7. The summed E-state index contributed by atoms with van der Waals surface area (Å²) in [5.74, 6) is -1.14. The van der Waals surface area contributed by atoms with Gasteiger partial charge in [-0.3, -0.25) is 10.1 Å². The van der Waals surface area contributed by atoms with Gasteiger partial charge in [-0.15, -0.1) is 0 Å². The van der Waals surface area contributed by atoms with Gasteiger partial charge in [-0.05, 0) is 31.2 Å². The second kappa shape index (κ2) is 8.84. The molecular weight excluding hydrogens is 416 g/mol. The molecule has 32 heavy (non-hydrogen) atoms. The Kier molecular flexibility index (Phi) is 6.19. The zero-order valence-corrected chi connectivity index (χ0v) is 17.9. The van der Waals surface area contributed by atoms with Crippen LogP contribution in [-0.4, -0.2) is 38.1 Å². The summed E-state index contributed by atoms with van der Waals surface area (Å²) in [5.41, 5.74) is 0.256. The molecule has 3 rings (SSSR count). The fraction of sp³-hybridized carbons (Fsp3) is 0.238. The van der Waals surface area contributed by atoms with E-state index < -0.39 is 23.6 Å². The fourth-order valence-corrected chi connectivity index (χ4v) is 2.59. The molecule has 3 amide bonds. The van der Waals surface area contributed by atoms with E-state index in [-0.39, 0.29) is 16.9 Å². The van der Waals surface area contributed by atoms with Gasteiger partial charge in [-0.1, -0.05) is 25.9 Å². The van der Waals surface area contributed by atoms with Crippen molar-refractivity contribution in [3.05, 3.63) is 59.4 Å². The number of amides is 3. The van der Waals surface area contributed by atoms with Gasteiger partial charge in [0.05, 0.1) is 5.69 Å². The summed E-state index contributed by atoms with van der Waals surface area (Å²) in [5, 5.41) is 20.8. The van der Waals surface area contributed by atoms with E-state index in [1.54, 1.807) is 37.3 Å². The standard InChI is InChI=1S/C21H22N6O5/c1-11-10-22-16(17(23-11)19(29)30)18(28)24-12-5-7-13(8-6-12)25-20(31)26-15-9-14(32-27-15)21(2,3)4/h5-10H,1-4H3,(H,24,28)(H,29,30)(H2,25,26,27,31). The minimum Gasteiger partial charge on any atom is -0.476 e. The molecule has 0 aliphatic heterocycles. The SMILES string of the molecule is Cc1cnc(C(=O)Nc2ccc(NC(=O)Nc3cc(C(C)(C)C)on3)cc2)c(C(=O)O)n1. The predicted molar refractivity (Wildman–Crippen MR) is 116 cm³/mol. The van der Waals surface area contributed by atoms with Crippen molar-refractivity contribution in [3.63, 3.8) is 0 Å². The van der Waals surface area contributed by atoms with Crippen molar-refractivity contribution in [1.82, 2.24) is 15.1 Å². The van der Waals surface area contributed by atoms with E-state index in [4.69, 9.17) is 4.52 Å². The third kappa shape index (κ3) is 5.45. The molecule has 0 saturated carbocycles. The predicted octanol–water partition coefficient (Wildman–Crippen LogP) is 3.67. The lowest BCUT2D eigenvalue weighted by Crippen LogP contribution is -2.20. The van der Waals surface area contributed by atoms with Crippen LogP contribution in [-0.2, 0) is 5.41 Å². The Hall–Kier alpha value is -4.28. The van der Waals surface area contributed by atoms with Crippen LogP contribution in [0.15, 0.2) is 41.1 Å². The average molecular weight is 438 g/mol. The van der Waals surface area contributed by atoms with Crippen molar-refractivity contribution in [3.8, 4) is 0 Å². The first-order valence-electron chi connectivity index (χ1n) is 9.56. The van der Waals surface area contributed by atoms with Crippen LogP contribution in [0.25, 0.3) is 0 Å².